The summed E-state index contributed by atoms with van der Waals surface area (Å²) < 4.78 is 5.87. The molecule has 0 aliphatic carbocycles. The van der Waals surface area contributed by atoms with Crippen molar-refractivity contribution >= 4 is 17.5 Å². The minimum atomic E-state index is -1.49. The average Bonchev–Trinajstić information content (AvgIpc) is 1.81. The van der Waals surface area contributed by atoms with E-state index in [-0.39, 0.29) is 0 Å². The Kier molecular flexibility index (Phi) is 5.24. The molecule has 0 rings (SSSR count). The molecule has 0 unspecified atom stereocenters. The van der Waals surface area contributed by atoms with E-state index in [0.717, 1.165) is 6.54 Å². The van der Waals surface area contributed by atoms with Gasteiger partial charge in [-0.25, -0.2) is 0 Å². The van der Waals surface area contributed by atoms with E-state index in [1.165, 1.54) is 6.42 Å². The van der Waals surface area contributed by atoms with Gasteiger partial charge in [0, 0.05) is 0 Å². The van der Waals surface area contributed by atoms with Crippen LogP contribution in [0.4, 0.5) is 0 Å². The van der Waals surface area contributed by atoms with Crippen LogP contribution in [0.1, 0.15) is 13.3 Å². The summed E-state index contributed by atoms with van der Waals surface area (Å²) in [6.07, 6.45) is 1.19. The van der Waals surface area contributed by atoms with Crippen molar-refractivity contribution in [2.45, 2.75) is 39.5 Å². The monoisotopic (exact) mass is 190 g/mol. The first-order valence-corrected chi connectivity index (χ1v) is 9.54. The van der Waals surface area contributed by atoms with E-state index in [1.807, 2.05) is 0 Å². The summed E-state index contributed by atoms with van der Waals surface area (Å²) in [4.78, 5) is 3.48. The fourth-order valence-electron chi connectivity index (χ4n) is 0.972. The molecule has 1 radical (unpaired) electrons. The maximum absolute atomic E-state index is 5.87. The predicted molar refractivity (Wildman–Crippen MR) is 54.3 cm³/mol. The van der Waals surface area contributed by atoms with E-state index in [9.17, 15) is 0 Å². The Bertz CT molecular complexity index is 107. The maximum atomic E-state index is 5.87. The molecule has 2 nitrogen and oxygen atoms in total. The smallest absolute Gasteiger partial charge is 0.251 e. The van der Waals surface area contributed by atoms with Gasteiger partial charge in [-0.3, -0.25) is 0 Å². The van der Waals surface area contributed by atoms with Gasteiger partial charge in [0.1, 0.15) is 0 Å². The average molecular weight is 190 g/mol. The number of nitrogens with one attached hydrogen (secondary N) is 1. The van der Waals surface area contributed by atoms with Gasteiger partial charge in [0.25, 0.3) is 8.48 Å². The molecule has 0 aromatic rings. The third-order valence-corrected chi connectivity index (χ3v) is 6.04. The summed E-state index contributed by atoms with van der Waals surface area (Å²) in [5.74, 6) is 0. The lowest BCUT2D eigenvalue weighted by Crippen LogP contribution is -2.50. The van der Waals surface area contributed by atoms with E-state index < -0.39 is 17.5 Å². The second-order valence-electron chi connectivity index (χ2n) is 3.45. The van der Waals surface area contributed by atoms with Crippen LogP contribution in [0.3, 0.4) is 0 Å². The molecule has 0 bridgehead atoms. The SMILES string of the molecule is CCCN[Si](C)(C)O[Si](C)C. The molecular formula is C7H20NOSi2. The van der Waals surface area contributed by atoms with Gasteiger partial charge in [0.15, 0.2) is 9.04 Å². The lowest BCUT2D eigenvalue weighted by atomic mass is 10.5. The van der Waals surface area contributed by atoms with Gasteiger partial charge in [-0.05, 0) is 39.2 Å². The van der Waals surface area contributed by atoms with Crippen molar-refractivity contribution in [3.05, 3.63) is 0 Å². The molecule has 0 fully saturated rings. The molecule has 0 aromatic heterocycles. The third-order valence-electron chi connectivity index (χ3n) is 1.26. The van der Waals surface area contributed by atoms with Crippen molar-refractivity contribution in [2.24, 2.45) is 0 Å². The molecule has 0 spiro atoms. The van der Waals surface area contributed by atoms with Crippen molar-refractivity contribution < 1.29 is 4.12 Å². The van der Waals surface area contributed by atoms with Crippen LogP contribution in [-0.4, -0.2) is 24.1 Å². The first kappa shape index (κ1) is 11.4. The zero-order valence-electron chi connectivity index (χ0n) is 8.32. The van der Waals surface area contributed by atoms with Crippen LogP contribution >= 0.6 is 0 Å². The molecule has 0 aliphatic rings. The normalized spacial score (nSPS) is 12.5. The maximum Gasteiger partial charge on any atom is 0.251 e. The van der Waals surface area contributed by atoms with E-state index in [4.69, 9.17) is 4.12 Å². The molecular weight excluding hydrogens is 170 g/mol. The first-order chi connectivity index (χ1) is 4.98. The zero-order chi connectivity index (χ0) is 8.91. The Hall–Kier alpha value is 0.354. The van der Waals surface area contributed by atoms with Gasteiger partial charge < -0.3 is 9.10 Å². The largest absolute Gasteiger partial charge is 0.445 e. The Morgan fingerprint density at radius 3 is 2.27 bits per heavy atom. The van der Waals surface area contributed by atoms with E-state index in [2.05, 4.69) is 38.1 Å². The number of hydrogen-bond donors (Lipinski definition) is 1. The molecule has 0 heterocycles. The second-order valence-corrected chi connectivity index (χ2v) is 9.45. The van der Waals surface area contributed by atoms with E-state index in [0.29, 0.717) is 0 Å². The van der Waals surface area contributed by atoms with Gasteiger partial charge in [0.2, 0.25) is 0 Å². The van der Waals surface area contributed by atoms with Crippen molar-refractivity contribution in [3.8, 4) is 0 Å². The summed E-state index contributed by atoms with van der Waals surface area (Å²) >= 11 is 0. The van der Waals surface area contributed by atoms with Crippen molar-refractivity contribution in [2.75, 3.05) is 6.54 Å². The summed E-state index contributed by atoms with van der Waals surface area (Å²) in [6, 6.07) is 0. The molecule has 0 aliphatic heterocycles. The molecule has 0 saturated carbocycles. The van der Waals surface area contributed by atoms with Crippen LogP contribution in [-0.2, 0) is 4.12 Å². The molecule has 0 aromatic carbocycles. The highest BCUT2D eigenvalue weighted by molar-refractivity contribution is 6.75. The van der Waals surface area contributed by atoms with Crippen LogP contribution < -0.4 is 4.98 Å². The Balaban J connectivity index is 3.61. The van der Waals surface area contributed by atoms with Crippen LogP contribution in [0, 0.1) is 0 Å². The lowest BCUT2D eigenvalue weighted by molar-refractivity contribution is 0.545. The molecule has 1 N–H and O–H groups in total. The van der Waals surface area contributed by atoms with Crippen LogP contribution in [0.5, 0.6) is 0 Å². The molecule has 11 heavy (non-hydrogen) atoms. The molecule has 67 valence electrons. The fourth-order valence-corrected chi connectivity index (χ4v) is 6.20. The zero-order valence-corrected chi connectivity index (χ0v) is 10.3. The van der Waals surface area contributed by atoms with Gasteiger partial charge in [-0.2, -0.15) is 0 Å². The minimum absolute atomic E-state index is 0.522. The lowest BCUT2D eigenvalue weighted by Gasteiger charge is -2.25. The Labute approximate surface area is 73.3 Å². The highest BCUT2D eigenvalue weighted by Crippen LogP contribution is 2.01. The molecule has 0 amide bonds. The second kappa shape index (κ2) is 5.08. The van der Waals surface area contributed by atoms with Crippen molar-refractivity contribution in [1.29, 1.82) is 0 Å². The summed E-state index contributed by atoms with van der Waals surface area (Å²) in [7, 11) is -2.01. The Morgan fingerprint density at radius 2 is 1.91 bits per heavy atom. The van der Waals surface area contributed by atoms with Gasteiger partial charge >= 0.3 is 0 Å². The highest BCUT2D eigenvalue weighted by atomic mass is 28.4. The van der Waals surface area contributed by atoms with Crippen LogP contribution in [0.15, 0.2) is 0 Å². The number of rotatable bonds is 5. The topological polar surface area (TPSA) is 21.3 Å². The predicted octanol–water partition coefficient (Wildman–Crippen LogP) is 1.96. The van der Waals surface area contributed by atoms with Gasteiger partial charge in [0.05, 0.1) is 0 Å². The van der Waals surface area contributed by atoms with Crippen LogP contribution in [0.25, 0.3) is 0 Å². The molecule has 0 atom stereocenters. The van der Waals surface area contributed by atoms with Gasteiger partial charge in [-0.1, -0.05) is 6.92 Å². The Morgan fingerprint density at radius 1 is 1.36 bits per heavy atom. The van der Waals surface area contributed by atoms with E-state index in [1.54, 1.807) is 0 Å². The van der Waals surface area contributed by atoms with Gasteiger partial charge in [-0.15, -0.1) is 0 Å². The fraction of sp³-hybridized carbons (Fsp3) is 1.00. The summed E-state index contributed by atoms with van der Waals surface area (Å²) in [5, 5.41) is 0. The van der Waals surface area contributed by atoms with E-state index >= 15 is 0 Å². The van der Waals surface area contributed by atoms with Crippen LogP contribution in [0.2, 0.25) is 26.2 Å². The molecule has 4 heteroatoms. The molecule has 0 saturated heterocycles. The standard InChI is InChI=1S/C7H20NOSi2/c1-6-7-8-11(4,5)9-10(2)3/h8H,6-7H2,1-5H3. The first-order valence-electron chi connectivity index (χ1n) is 4.22. The summed E-state index contributed by atoms with van der Waals surface area (Å²) in [6.45, 7) is 12.1. The van der Waals surface area contributed by atoms with Crippen molar-refractivity contribution in [3.63, 3.8) is 0 Å². The van der Waals surface area contributed by atoms with Crippen molar-refractivity contribution in [1.82, 2.24) is 4.98 Å². The third kappa shape index (κ3) is 6.74. The quantitative estimate of drug-likeness (QED) is 0.669. The number of hydrogen-bond acceptors (Lipinski definition) is 2. The highest BCUT2D eigenvalue weighted by Gasteiger charge is 2.22. The minimum Gasteiger partial charge on any atom is -0.445 e. The summed E-state index contributed by atoms with van der Waals surface area (Å²) in [5.41, 5.74) is 0.